The zero-order chi connectivity index (χ0) is 17.8. The van der Waals surface area contributed by atoms with Gasteiger partial charge in [-0.25, -0.2) is 4.39 Å². The van der Waals surface area contributed by atoms with Crippen molar-refractivity contribution in [1.29, 1.82) is 0 Å². The van der Waals surface area contributed by atoms with Gasteiger partial charge in [0.05, 0.1) is 11.9 Å². The van der Waals surface area contributed by atoms with Gasteiger partial charge in [0.25, 0.3) is 0 Å². The maximum absolute atomic E-state index is 13.2. The number of benzene rings is 2. The minimum absolute atomic E-state index is 0.196. The number of aromatic nitrogens is 2. The van der Waals surface area contributed by atoms with E-state index < -0.39 is 0 Å². The summed E-state index contributed by atoms with van der Waals surface area (Å²) < 4.78 is 24.4. The van der Waals surface area contributed by atoms with Gasteiger partial charge in [0.2, 0.25) is 0 Å². The molecule has 1 aliphatic rings. The van der Waals surface area contributed by atoms with Gasteiger partial charge in [-0.2, -0.15) is 5.10 Å². The second-order valence-electron chi connectivity index (χ2n) is 6.19. The van der Waals surface area contributed by atoms with E-state index in [4.69, 9.17) is 9.47 Å². The number of halogens is 1. The molecule has 0 saturated carbocycles. The molecule has 0 radical (unpaired) electrons. The molecule has 26 heavy (non-hydrogen) atoms. The van der Waals surface area contributed by atoms with Crippen molar-refractivity contribution in [1.82, 2.24) is 15.5 Å². The predicted molar refractivity (Wildman–Crippen MR) is 96.8 cm³/mol. The van der Waals surface area contributed by atoms with Crippen LogP contribution >= 0.6 is 0 Å². The third kappa shape index (κ3) is 3.70. The molecule has 0 amide bonds. The number of hydrogen-bond acceptors (Lipinski definition) is 4. The molecule has 0 atom stereocenters. The minimum Gasteiger partial charge on any atom is -0.486 e. The Kier molecular flexibility index (Phi) is 4.84. The van der Waals surface area contributed by atoms with Gasteiger partial charge in [-0.1, -0.05) is 12.1 Å². The Morgan fingerprint density at radius 3 is 2.85 bits per heavy atom. The van der Waals surface area contributed by atoms with E-state index >= 15 is 0 Å². The first kappa shape index (κ1) is 16.6. The summed E-state index contributed by atoms with van der Waals surface area (Å²) in [4.78, 5) is 0. The average Bonchev–Trinajstić information content (AvgIpc) is 3.13. The van der Waals surface area contributed by atoms with Crippen molar-refractivity contribution < 1.29 is 13.9 Å². The number of ether oxygens (including phenoxy) is 2. The summed E-state index contributed by atoms with van der Waals surface area (Å²) in [5.74, 6) is 1.33. The van der Waals surface area contributed by atoms with Gasteiger partial charge in [-0.05, 0) is 48.9 Å². The van der Waals surface area contributed by atoms with E-state index in [9.17, 15) is 4.39 Å². The molecule has 2 heterocycles. The zero-order valence-electron chi connectivity index (χ0n) is 14.3. The number of fused-ring (bicyclic) bond motifs is 1. The van der Waals surface area contributed by atoms with Gasteiger partial charge < -0.3 is 14.8 Å². The number of hydrogen-bond donors (Lipinski definition) is 2. The van der Waals surface area contributed by atoms with Crippen LogP contribution in [0.25, 0.3) is 11.3 Å². The lowest BCUT2D eigenvalue weighted by Gasteiger charge is -2.18. The van der Waals surface area contributed by atoms with Crippen molar-refractivity contribution in [2.24, 2.45) is 0 Å². The quantitative estimate of drug-likeness (QED) is 0.668. The molecule has 0 unspecified atom stereocenters. The molecule has 0 spiro atoms. The third-order valence-electron chi connectivity index (χ3n) is 4.34. The van der Waals surface area contributed by atoms with E-state index in [1.165, 1.54) is 6.07 Å². The third-order valence-corrected chi connectivity index (χ3v) is 4.34. The second kappa shape index (κ2) is 7.58. The van der Waals surface area contributed by atoms with Crippen LogP contribution in [0.15, 0.2) is 48.7 Å². The van der Waals surface area contributed by atoms with Crippen LogP contribution in [0.4, 0.5) is 4.39 Å². The number of nitrogens with zero attached hydrogens (tertiary/aromatic N) is 1. The van der Waals surface area contributed by atoms with Crippen molar-refractivity contribution in [3.63, 3.8) is 0 Å². The molecule has 1 aliphatic heterocycles. The standard InChI is InChI=1S/C20H20FN3O2/c21-17-3-1-2-14(10-17)6-7-22-12-16-13-23-24-20(16)15-4-5-18-19(11-15)26-9-8-25-18/h1-5,10-11,13,22H,6-9,12H2,(H,23,24). The highest BCUT2D eigenvalue weighted by Gasteiger charge is 2.14. The topological polar surface area (TPSA) is 59.2 Å². The van der Waals surface area contributed by atoms with Crippen molar-refractivity contribution in [3.8, 4) is 22.8 Å². The molecular formula is C20H20FN3O2. The summed E-state index contributed by atoms with van der Waals surface area (Å²) >= 11 is 0. The molecule has 2 aromatic carbocycles. The Morgan fingerprint density at radius 2 is 1.96 bits per heavy atom. The Hall–Kier alpha value is -2.86. The molecule has 3 aromatic rings. The van der Waals surface area contributed by atoms with E-state index in [0.29, 0.717) is 19.8 Å². The number of H-pyrrole nitrogens is 1. The van der Waals surface area contributed by atoms with E-state index in [-0.39, 0.29) is 5.82 Å². The summed E-state index contributed by atoms with van der Waals surface area (Å²) in [7, 11) is 0. The van der Waals surface area contributed by atoms with Crippen molar-refractivity contribution >= 4 is 0 Å². The Balaban J connectivity index is 1.39. The molecule has 1 aromatic heterocycles. The highest BCUT2D eigenvalue weighted by Crippen LogP contribution is 2.34. The maximum Gasteiger partial charge on any atom is 0.162 e. The van der Waals surface area contributed by atoms with E-state index in [1.54, 1.807) is 12.1 Å². The molecule has 0 saturated heterocycles. The van der Waals surface area contributed by atoms with Crippen LogP contribution in [0.2, 0.25) is 0 Å². The van der Waals surface area contributed by atoms with E-state index in [1.807, 2.05) is 30.5 Å². The summed E-state index contributed by atoms with van der Waals surface area (Å²) in [5.41, 5.74) is 4.02. The van der Waals surface area contributed by atoms with Crippen LogP contribution < -0.4 is 14.8 Å². The predicted octanol–water partition coefficient (Wildman–Crippen LogP) is 3.32. The molecule has 0 fully saturated rings. The highest BCUT2D eigenvalue weighted by atomic mass is 19.1. The smallest absolute Gasteiger partial charge is 0.162 e. The van der Waals surface area contributed by atoms with Crippen LogP contribution in [0.3, 0.4) is 0 Å². The molecular weight excluding hydrogens is 333 g/mol. The van der Waals surface area contributed by atoms with Crippen LogP contribution in [-0.4, -0.2) is 30.0 Å². The fourth-order valence-corrected chi connectivity index (χ4v) is 3.04. The van der Waals surface area contributed by atoms with Crippen molar-refractivity contribution in [3.05, 3.63) is 65.6 Å². The van der Waals surface area contributed by atoms with Gasteiger partial charge in [-0.15, -0.1) is 0 Å². The molecule has 5 nitrogen and oxygen atoms in total. The number of nitrogens with one attached hydrogen (secondary N) is 2. The molecule has 0 bridgehead atoms. The fraction of sp³-hybridized carbons (Fsp3) is 0.250. The number of rotatable bonds is 6. The van der Waals surface area contributed by atoms with Gasteiger partial charge in [-0.3, -0.25) is 5.10 Å². The molecule has 4 rings (SSSR count). The van der Waals surface area contributed by atoms with Gasteiger partial charge in [0.15, 0.2) is 11.5 Å². The lowest BCUT2D eigenvalue weighted by molar-refractivity contribution is 0.171. The first-order chi connectivity index (χ1) is 12.8. The summed E-state index contributed by atoms with van der Waals surface area (Å²) in [6.07, 6.45) is 2.59. The second-order valence-corrected chi connectivity index (χ2v) is 6.19. The summed E-state index contributed by atoms with van der Waals surface area (Å²) in [5, 5.41) is 10.6. The minimum atomic E-state index is -0.196. The first-order valence-corrected chi connectivity index (χ1v) is 8.67. The highest BCUT2D eigenvalue weighted by molar-refractivity contribution is 5.66. The van der Waals surface area contributed by atoms with Crippen LogP contribution in [0, 0.1) is 5.82 Å². The van der Waals surface area contributed by atoms with Crippen molar-refractivity contribution in [2.75, 3.05) is 19.8 Å². The van der Waals surface area contributed by atoms with E-state index in [2.05, 4.69) is 15.5 Å². The van der Waals surface area contributed by atoms with E-state index in [0.717, 1.165) is 46.8 Å². The van der Waals surface area contributed by atoms with Gasteiger partial charge >= 0.3 is 0 Å². The SMILES string of the molecule is Fc1cccc(CCNCc2cn[nH]c2-c2ccc3c(c2)OCCO3)c1. The Bertz CT molecular complexity index is 894. The zero-order valence-corrected chi connectivity index (χ0v) is 14.3. The monoisotopic (exact) mass is 353 g/mol. The summed E-state index contributed by atoms with van der Waals surface area (Å²) in [6.45, 7) is 2.58. The first-order valence-electron chi connectivity index (χ1n) is 8.67. The largest absolute Gasteiger partial charge is 0.486 e. The van der Waals surface area contributed by atoms with Crippen LogP contribution in [0.1, 0.15) is 11.1 Å². The van der Waals surface area contributed by atoms with Gasteiger partial charge in [0.1, 0.15) is 19.0 Å². The Morgan fingerprint density at radius 1 is 1.08 bits per heavy atom. The lowest BCUT2D eigenvalue weighted by Crippen LogP contribution is -2.17. The molecule has 6 heteroatoms. The lowest BCUT2D eigenvalue weighted by atomic mass is 10.1. The van der Waals surface area contributed by atoms with Crippen LogP contribution in [-0.2, 0) is 13.0 Å². The van der Waals surface area contributed by atoms with Gasteiger partial charge in [0, 0.05) is 17.7 Å². The number of aromatic amines is 1. The maximum atomic E-state index is 13.2. The molecule has 2 N–H and O–H groups in total. The van der Waals surface area contributed by atoms with Crippen LogP contribution in [0.5, 0.6) is 11.5 Å². The normalized spacial score (nSPS) is 13.0. The Labute approximate surface area is 151 Å². The van der Waals surface area contributed by atoms with Crippen molar-refractivity contribution in [2.45, 2.75) is 13.0 Å². The molecule has 134 valence electrons. The summed E-state index contributed by atoms with van der Waals surface area (Å²) in [6, 6.07) is 12.6. The average molecular weight is 353 g/mol. The molecule has 0 aliphatic carbocycles. The fourth-order valence-electron chi connectivity index (χ4n) is 3.04.